The summed E-state index contributed by atoms with van der Waals surface area (Å²) in [6.07, 6.45) is 1.87. The highest BCUT2D eigenvalue weighted by molar-refractivity contribution is 7.62. The molecule has 1 atom stereocenters. The summed E-state index contributed by atoms with van der Waals surface area (Å²) in [5.74, 6) is -0.894. The Balaban J connectivity index is 2.25. The predicted molar refractivity (Wildman–Crippen MR) is 93.7 cm³/mol. The third-order valence-corrected chi connectivity index (χ3v) is 5.11. The van der Waals surface area contributed by atoms with Gasteiger partial charge >= 0.3 is 0 Å². The van der Waals surface area contributed by atoms with E-state index in [4.69, 9.17) is 5.73 Å². The van der Waals surface area contributed by atoms with Crippen LogP contribution in [0.1, 0.15) is 17.0 Å². The lowest BCUT2D eigenvalue weighted by molar-refractivity contribution is 0.576. The lowest BCUT2D eigenvalue weighted by Crippen LogP contribution is -2.13. The second-order valence-corrected chi connectivity index (χ2v) is 9.76. The van der Waals surface area contributed by atoms with Crippen LogP contribution in [0.5, 0.6) is 0 Å². The SMILES string of the molecule is CP(C)(=O)C[C@@H](c1ccccc1F)c1c[nH]c2c(=O)[nH]c(N)nc12. The molecule has 0 unspecified atom stereocenters. The van der Waals surface area contributed by atoms with Crippen molar-refractivity contribution in [3.8, 4) is 0 Å². The molecule has 3 rings (SSSR count). The number of H-pyrrole nitrogens is 2. The van der Waals surface area contributed by atoms with E-state index in [1.54, 1.807) is 37.7 Å². The Labute approximate surface area is 137 Å². The zero-order chi connectivity index (χ0) is 17.5. The maximum Gasteiger partial charge on any atom is 0.276 e. The summed E-state index contributed by atoms with van der Waals surface area (Å²) in [6.45, 7) is 3.31. The van der Waals surface area contributed by atoms with Crippen molar-refractivity contribution in [2.24, 2.45) is 0 Å². The van der Waals surface area contributed by atoms with Crippen molar-refractivity contribution in [3.63, 3.8) is 0 Å². The fraction of sp³-hybridized carbons (Fsp3) is 0.250. The van der Waals surface area contributed by atoms with Crippen LogP contribution in [0.3, 0.4) is 0 Å². The molecule has 24 heavy (non-hydrogen) atoms. The van der Waals surface area contributed by atoms with Gasteiger partial charge in [-0.1, -0.05) is 18.2 Å². The van der Waals surface area contributed by atoms with Gasteiger partial charge in [0.1, 0.15) is 16.9 Å². The van der Waals surface area contributed by atoms with Gasteiger partial charge in [0.2, 0.25) is 5.95 Å². The van der Waals surface area contributed by atoms with E-state index in [0.29, 0.717) is 16.6 Å². The van der Waals surface area contributed by atoms with Crippen LogP contribution in [-0.2, 0) is 4.57 Å². The number of fused-ring (bicyclic) bond motifs is 1. The first-order valence-electron chi connectivity index (χ1n) is 7.41. The van der Waals surface area contributed by atoms with E-state index in [-0.39, 0.29) is 23.4 Å². The number of nitrogens with one attached hydrogen (secondary N) is 2. The third-order valence-electron chi connectivity index (χ3n) is 3.86. The second kappa shape index (κ2) is 5.91. The lowest BCUT2D eigenvalue weighted by atomic mass is 9.93. The molecule has 2 aromatic heterocycles. The number of hydrogen-bond acceptors (Lipinski definition) is 4. The fourth-order valence-electron chi connectivity index (χ4n) is 2.88. The highest BCUT2D eigenvalue weighted by Crippen LogP contribution is 2.45. The fourth-order valence-corrected chi connectivity index (χ4v) is 4.15. The molecule has 6 nitrogen and oxygen atoms in total. The zero-order valence-corrected chi connectivity index (χ0v) is 14.2. The van der Waals surface area contributed by atoms with Gasteiger partial charge in [-0.05, 0) is 25.0 Å². The van der Waals surface area contributed by atoms with Gasteiger partial charge in [0, 0.05) is 23.8 Å². The standard InChI is InChI=1S/C16H18FN4O2P/c1-24(2,23)8-11(9-5-3-4-6-12(9)17)10-7-19-14-13(10)20-16(18)21-15(14)22/h3-7,11,19H,8H2,1-2H3,(H3,18,20,21,22)/t11-/m0/s1. The number of benzene rings is 1. The first-order chi connectivity index (χ1) is 11.3. The number of aromatic amines is 2. The predicted octanol–water partition coefficient (Wildman–Crippen LogP) is 2.73. The van der Waals surface area contributed by atoms with Crippen LogP contribution in [0.25, 0.3) is 11.0 Å². The number of anilines is 1. The van der Waals surface area contributed by atoms with E-state index in [2.05, 4.69) is 15.0 Å². The molecule has 0 amide bonds. The maximum absolute atomic E-state index is 14.4. The van der Waals surface area contributed by atoms with Gasteiger partial charge in [0.15, 0.2) is 0 Å². The minimum absolute atomic E-state index is 0.0168. The molecule has 0 saturated carbocycles. The summed E-state index contributed by atoms with van der Waals surface area (Å²) in [7, 11) is -2.48. The van der Waals surface area contributed by atoms with Gasteiger partial charge in [-0.3, -0.25) is 9.78 Å². The number of nitrogen functional groups attached to an aromatic ring is 1. The molecule has 0 aliphatic rings. The average molecular weight is 348 g/mol. The van der Waals surface area contributed by atoms with Crippen molar-refractivity contribution in [2.75, 3.05) is 25.2 Å². The average Bonchev–Trinajstić information content (AvgIpc) is 2.88. The van der Waals surface area contributed by atoms with Gasteiger partial charge in [-0.15, -0.1) is 0 Å². The van der Waals surface area contributed by atoms with Crippen LogP contribution in [0, 0.1) is 5.82 Å². The van der Waals surface area contributed by atoms with Gasteiger partial charge < -0.3 is 15.3 Å². The van der Waals surface area contributed by atoms with E-state index in [1.807, 2.05) is 0 Å². The van der Waals surface area contributed by atoms with Crippen molar-refractivity contribution >= 4 is 24.1 Å². The molecule has 0 spiro atoms. The quantitative estimate of drug-likeness (QED) is 0.631. The van der Waals surface area contributed by atoms with E-state index >= 15 is 0 Å². The smallest absolute Gasteiger partial charge is 0.276 e. The van der Waals surface area contributed by atoms with Gasteiger partial charge in [-0.2, -0.15) is 0 Å². The number of nitrogens with two attached hydrogens (primary N) is 1. The number of hydrogen-bond donors (Lipinski definition) is 3. The molecule has 8 heteroatoms. The van der Waals surface area contributed by atoms with E-state index in [9.17, 15) is 13.8 Å². The highest BCUT2D eigenvalue weighted by Gasteiger charge is 2.27. The van der Waals surface area contributed by atoms with Crippen molar-refractivity contribution in [2.45, 2.75) is 5.92 Å². The van der Waals surface area contributed by atoms with E-state index in [1.165, 1.54) is 6.07 Å². The van der Waals surface area contributed by atoms with Crippen molar-refractivity contribution in [1.82, 2.24) is 15.0 Å². The third kappa shape index (κ3) is 3.12. The molecule has 1 aromatic carbocycles. The molecule has 3 aromatic rings. The molecule has 4 N–H and O–H groups in total. The Hall–Kier alpha value is -2.40. The largest absolute Gasteiger partial charge is 0.369 e. The first-order valence-corrected chi connectivity index (χ1v) is 10.2. The molecular formula is C16H18FN4O2P. The highest BCUT2D eigenvalue weighted by atomic mass is 31.2. The Morgan fingerprint density at radius 1 is 1.29 bits per heavy atom. The van der Waals surface area contributed by atoms with Crippen molar-refractivity contribution < 1.29 is 8.96 Å². The minimum Gasteiger partial charge on any atom is -0.369 e. The molecule has 0 aliphatic carbocycles. The van der Waals surface area contributed by atoms with Crippen molar-refractivity contribution in [1.29, 1.82) is 0 Å². The van der Waals surface area contributed by atoms with E-state index in [0.717, 1.165) is 0 Å². The van der Waals surface area contributed by atoms with Crippen LogP contribution < -0.4 is 11.3 Å². The topological polar surface area (TPSA) is 105 Å². The summed E-state index contributed by atoms with van der Waals surface area (Å²) < 4.78 is 26.8. The molecule has 0 aliphatic heterocycles. The summed E-state index contributed by atoms with van der Waals surface area (Å²) >= 11 is 0. The Morgan fingerprint density at radius 2 is 2.00 bits per heavy atom. The normalized spacial score (nSPS) is 13.3. The Morgan fingerprint density at radius 3 is 2.67 bits per heavy atom. The lowest BCUT2D eigenvalue weighted by Gasteiger charge is -2.20. The molecule has 0 radical (unpaired) electrons. The first kappa shape index (κ1) is 16.5. The Kier molecular flexibility index (Phi) is 4.05. The van der Waals surface area contributed by atoms with Crippen LogP contribution in [0.4, 0.5) is 10.3 Å². The van der Waals surface area contributed by atoms with Crippen LogP contribution >= 0.6 is 7.14 Å². The molecule has 0 fully saturated rings. The van der Waals surface area contributed by atoms with Crippen LogP contribution in [0.2, 0.25) is 0 Å². The minimum atomic E-state index is -2.48. The summed E-state index contributed by atoms with van der Waals surface area (Å²) in [5, 5.41) is 0. The maximum atomic E-state index is 14.4. The van der Waals surface area contributed by atoms with Gasteiger partial charge in [0.05, 0.1) is 7.14 Å². The van der Waals surface area contributed by atoms with Crippen LogP contribution in [0.15, 0.2) is 35.3 Å². The van der Waals surface area contributed by atoms with E-state index < -0.39 is 18.6 Å². The van der Waals surface area contributed by atoms with Crippen molar-refractivity contribution in [3.05, 3.63) is 57.8 Å². The van der Waals surface area contributed by atoms with Gasteiger partial charge in [-0.25, -0.2) is 9.37 Å². The number of nitrogens with zero attached hydrogens (tertiary/aromatic N) is 1. The number of aromatic nitrogens is 3. The summed E-state index contributed by atoms with van der Waals surface area (Å²) in [6, 6.07) is 6.35. The van der Waals surface area contributed by atoms with Gasteiger partial charge in [0.25, 0.3) is 5.56 Å². The van der Waals surface area contributed by atoms with Crippen LogP contribution in [-0.4, -0.2) is 34.4 Å². The zero-order valence-electron chi connectivity index (χ0n) is 13.3. The summed E-state index contributed by atoms with van der Waals surface area (Å²) in [4.78, 5) is 21.5. The Bertz CT molecular complexity index is 1000. The number of rotatable bonds is 4. The summed E-state index contributed by atoms with van der Waals surface area (Å²) in [5.41, 5.74) is 6.91. The molecule has 0 saturated heterocycles. The molecule has 126 valence electrons. The molecular weight excluding hydrogens is 330 g/mol. The monoisotopic (exact) mass is 348 g/mol. The number of halogens is 1. The molecule has 2 heterocycles. The molecule has 0 bridgehead atoms. The second-order valence-electron chi connectivity index (χ2n) is 6.25.